The SMILES string of the molecule is Cc1cc(COc2ccc(S(=O)(=O)N[C@@H]3CCN(S(=O)(=O)C(C)C)C[C@]3(C)C(=O)NO)cc2)c2ccccc2n1. The highest BCUT2D eigenvalue weighted by atomic mass is 32.2. The van der Waals surface area contributed by atoms with Crippen LogP contribution in [0.3, 0.4) is 0 Å². The number of hydroxylamine groups is 1. The minimum absolute atomic E-state index is 0.0257. The minimum Gasteiger partial charge on any atom is -0.489 e. The number of pyridine rings is 1. The summed E-state index contributed by atoms with van der Waals surface area (Å²) in [6, 6.07) is 14.6. The van der Waals surface area contributed by atoms with Crippen molar-refractivity contribution in [1.82, 2.24) is 19.5 Å². The molecule has 3 aromatic rings. The molecule has 2 aromatic carbocycles. The summed E-state index contributed by atoms with van der Waals surface area (Å²) >= 11 is 0. The Morgan fingerprint density at radius 3 is 2.48 bits per heavy atom. The van der Waals surface area contributed by atoms with Crippen LogP contribution < -0.4 is 14.9 Å². The number of hydrogen-bond acceptors (Lipinski definition) is 8. The van der Waals surface area contributed by atoms with Crippen LogP contribution in [0.5, 0.6) is 5.75 Å². The van der Waals surface area contributed by atoms with Gasteiger partial charge in [0.05, 0.1) is 21.1 Å². The summed E-state index contributed by atoms with van der Waals surface area (Å²) in [5.74, 6) is -0.416. The average molecular weight is 591 g/mol. The third kappa shape index (κ3) is 5.98. The van der Waals surface area contributed by atoms with E-state index in [1.807, 2.05) is 37.3 Å². The van der Waals surface area contributed by atoms with Crippen molar-refractivity contribution in [2.24, 2.45) is 5.41 Å². The van der Waals surface area contributed by atoms with Crippen LogP contribution in [0.1, 0.15) is 38.4 Å². The van der Waals surface area contributed by atoms with Crippen LogP contribution in [0.25, 0.3) is 10.9 Å². The number of sulfonamides is 2. The zero-order chi connectivity index (χ0) is 29.3. The number of aromatic nitrogens is 1. The van der Waals surface area contributed by atoms with Gasteiger partial charge < -0.3 is 4.74 Å². The summed E-state index contributed by atoms with van der Waals surface area (Å²) in [4.78, 5) is 17.1. The van der Waals surface area contributed by atoms with Crippen LogP contribution in [0.15, 0.2) is 59.5 Å². The Hall–Kier alpha value is -3.10. The molecule has 1 aromatic heterocycles. The summed E-state index contributed by atoms with van der Waals surface area (Å²) in [5, 5.41) is 9.61. The summed E-state index contributed by atoms with van der Waals surface area (Å²) in [6.45, 7) is 6.39. The van der Waals surface area contributed by atoms with Gasteiger partial charge in [0.15, 0.2) is 0 Å². The highest BCUT2D eigenvalue weighted by molar-refractivity contribution is 7.90. The van der Waals surface area contributed by atoms with Crippen molar-refractivity contribution in [3.8, 4) is 5.75 Å². The van der Waals surface area contributed by atoms with Crippen LogP contribution in [0, 0.1) is 12.3 Å². The highest BCUT2D eigenvalue weighted by Gasteiger charge is 2.50. The number of nitrogens with one attached hydrogen (secondary N) is 2. The molecule has 2 atom stereocenters. The third-order valence-corrected chi connectivity index (χ3v) is 11.0. The molecule has 11 nitrogen and oxygen atoms in total. The van der Waals surface area contributed by atoms with Crippen molar-refractivity contribution < 1.29 is 31.6 Å². The fraction of sp³-hybridized carbons (Fsp3) is 0.407. The molecule has 2 heterocycles. The number of benzene rings is 2. The lowest BCUT2D eigenvalue weighted by Gasteiger charge is -2.44. The Bertz CT molecular complexity index is 1610. The molecule has 0 radical (unpaired) electrons. The van der Waals surface area contributed by atoms with Gasteiger partial charge in [0, 0.05) is 35.8 Å². The maximum absolute atomic E-state index is 13.3. The van der Waals surface area contributed by atoms with Crippen LogP contribution in [0.2, 0.25) is 0 Å². The summed E-state index contributed by atoms with van der Waals surface area (Å²) in [7, 11) is -7.80. The number of ether oxygens (including phenoxy) is 1. The van der Waals surface area contributed by atoms with Crippen LogP contribution in [-0.4, -0.2) is 61.6 Å². The van der Waals surface area contributed by atoms with Gasteiger partial charge in [-0.2, -0.15) is 0 Å². The van der Waals surface area contributed by atoms with Crippen LogP contribution >= 0.6 is 0 Å². The Labute approximate surface area is 234 Å². The number of piperidine rings is 1. The van der Waals surface area contributed by atoms with Gasteiger partial charge in [-0.3, -0.25) is 15.0 Å². The molecule has 0 saturated carbocycles. The monoisotopic (exact) mass is 590 g/mol. The van der Waals surface area contributed by atoms with Gasteiger partial charge in [-0.05, 0) is 70.5 Å². The number of amides is 1. The first-order valence-electron chi connectivity index (χ1n) is 12.8. The van der Waals surface area contributed by atoms with Gasteiger partial charge in [0.2, 0.25) is 20.0 Å². The Morgan fingerprint density at radius 1 is 1.15 bits per heavy atom. The van der Waals surface area contributed by atoms with Crippen molar-refractivity contribution in [2.75, 3.05) is 13.1 Å². The molecule has 13 heteroatoms. The summed E-state index contributed by atoms with van der Waals surface area (Å²) < 4.78 is 61.7. The Kier molecular flexibility index (Phi) is 8.52. The molecule has 0 spiro atoms. The molecule has 1 fully saturated rings. The molecular weight excluding hydrogens is 556 g/mol. The Morgan fingerprint density at radius 2 is 1.82 bits per heavy atom. The Balaban J connectivity index is 1.50. The molecule has 40 heavy (non-hydrogen) atoms. The van der Waals surface area contributed by atoms with Crippen molar-refractivity contribution in [2.45, 2.75) is 56.9 Å². The predicted octanol–water partition coefficient (Wildman–Crippen LogP) is 2.72. The van der Waals surface area contributed by atoms with Gasteiger partial charge in [0.25, 0.3) is 5.91 Å². The van der Waals surface area contributed by atoms with E-state index >= 15 is 0 Å². The molecular formula is C27H34N4O7S2. The van der Waals surface area contributed by atoms with E-state index in [9.17, 15) is 26.8 Å². The van der Waals surface area contributed by atoms with E-state index in [4.69, 9.17) is 4.74 Å². The van der Waals surface area contributed by atoms with Crippen molar-refractivity contribution in [3.63, 3.8) is 0 Å². The number of para-hydroxylation sites is 1. The lowest BCUT2D eigenvalue weighted by molar-refractivity contribution is -0.142. The second-order valence-corrected chi connectivity index (χ2v) is 14.7. The van der Waals surface area contributed by atoms with Crippen LogP contribution in [0.4, 0.5) is 0 Å². The zero-order valence-electron chi connectivity index (χ0n) is 22.8. The van der Waals surface area contributed by atoms with Gasteiger partial charge >= 0.3 is 0 Å². The van der Waals surface area contributed by atoms with E-state index in [0.29, 0.717) is 5.75 Å². The normalized spacial score (nSPS) is 20.5. The van der Waals surface area contributed by atoms with E-state index < -0.39 is 42.7 Å². The largest absolute Gasteiger partial charge is 0.489 e. The number of fused-ring (bicyclic) bond motifs is 1. The molecule has 1 amide bonds. The molecule has 3 N–H and O–H groups in total. The summed E-state index contributed by atoms with van der Waals surface area (Å²) in [5.41, 5.74) is 2.68. The van der Waals surface area contributed by atoms with E-state index in [0.717, 1.165) is 26.5 Å². The fourth-order valence-electron chi connectivity index (χ4n) is 4.86. The zero-order valence-corrected chi connectivity index (χ0v) is 24.4. The van der Waals surface area contributed by atoms with Crippen LogP contribution in [-0.2, 0) is 31.4 Å². The first-order chi connectivity index (χ1) is 18.8. The van der Waals surface area contributed by atoms with Gasteiger partial charge in [-0.1, -0.05) is 18.2 Å². The highest BCUT2D eigenvalue weighted by Crippen LogP contribution is 2.34. The number of hydrogen-bond donors (Lipinski definition) is 3. The molecule has 0 bridgehead atoms. The molecule has 1 aliphatic rings. The number of nitrogens with zero attached hydrogens (tertiary/aromatic N) is 2. The lowest BCUT2D eigenvalue weighted by atomic mass is 9.78. The molecule has 0 unspecified atom stereocenters. The van der Waals surface area contributed by atoms with E-state index in [1.165, 1.54) is 32.9 Å². The number of carbonyl (C=O) groups is 1. The first-order valence-corrected chi connectivity index (χ1v) is 15.8. The maximum Gasteiger partial charge on any atom is 0.252 e. The van der Waals surface area contributed by atoms with E-state index in [2.05, 4.69) is 9.71 Å². The summed E-state index contributed by atoms with van der Waals surface area (Å²) in [6.07, 6.45) is 0.0373. The molecule has 216 valence electrons. The number of rotatable bonds is 9. The van der Waals surface area contributed by atoms with E-state index in [1.54, 1.807) is 17.6 Å². The molecule has 1 aliphatic heterocycles. The quantitative estimate of drug-likeness (QED) is 0.254. The van der Waals surface area contributed by atoms with Crippen molar-refractivity contribution in [3.05, 3.63) is 65.9 Å². The average Bonchev–Trinajstić information content (AvgIpc) is 2.92. The van der Waals surface area contributed by atoms with E-state index in [-0.39, 0.29) is 31.0 Å². The van der Waals surface area contributed by atoms with Gasteiger partial charge in [-0.25, -0.2) is 31.3 Å². The van der Waals surface area contributed by atoms with Gasteiger partial charge in [-0.15, -0.1) is 0 Å². The fourth-order valence-corrected chi connectivity index (χ4v) is 7.64. The topological polar surface area (TPSA) is 155 Å². The first kappa shape index (κ1) is 29.9. The molecule has 0 aliphatic carbocycles. The number of aryl methyl sites for hydroxylation is 1. The molecule has 1 saturated heterocycles. The third-order valence-electron chi connectivity index (χ3n) is 7.27. The second-order valence-electron chi connectivity index (χ2n) is 10.4. The maximum atomic E-state index is 13.3. The molecule has 4 rings (SSSR count). The lowest BCUT2D eigenvalue weighted by Crippen LogP contribution is -2.63. The predicted molar refractivity (Wildman–Crippen MR) is 150 cm³/mol. The smallest absolute Gasteiger partial charge is 0.252 e. The van der Waals surface area contributed by atoms with Gasteiger partial charge in [0.1, 0.15) is 12.4 Å². The standard InChI is InChI=1S/C27H34N4O7S2/c1-18(2)40(36,37)31-14-13-25(27(4,17-31)26(32)29-33)30-39(34,35)22-11-9-21(10-12-22)38-16-20-15-19(3)28-24-8-6-5-7-23(20)24/h5-12,15,18,25,30,33H,13-14,16-17H2,1-4H3,(H,29,32)/t25-,27+/m1/s1. The number of carbonyl (C=O) groups excluding carboxylic acids is 1. The second kappa shape index (κ2) is 11.4. The van der Waals surface area contributed by atoms with Crippen molar-refractivity contribution in [1.29, 1.82) is 0 Å². The minimum atomic E-state index is -4.10. The van der Waals surface area contributed by atoms with Crippen molar-refractivity contribution >= 4 is 36.9 Å².